The Hall–Kier alpha value is -0.970. The smallest absolute Gasteiger partial charge is 0.134 e. The van der Waals surface area contributed by atoms with Crippen LogP contribution in [-0.4, -0.2) is 11.0 Å². The van der Waals surface area contributed by atoms with Crippen LogP contribution in [0.25, 0.3) is 11.0 Å². The Labute approximate surface area is 117 Å². The summed E-state index contributed by atoms with van der Waals surface area (Å²) in [6, 6.07) is 8.51. The quantitative estimate of drug-likeness (QED) is 0.665. The molecule has 0 bridgehead atoms. The molecule has 1 aromatic carbocycles. The van der Waals surface area contributed by atoms with Crippen LogP contribution in [0.5, 0.6) is 0 Å². The number of hydrogen-bond donors (Lipinski definition) is 2. The lowest BCUT2D eigenvalue weighted by atomic mass is 10.1. The molecule has 1 aliphatic heterocycles. The number of nitrogens with one attached hydrogen (secondary N) is 1. The first-order valence-electron chi connectivity index (χ1n) is 6.86. The normalized spacial score (nSPS) is 21.7. The molecule has 19 heavy (non-hydrogen) atoms. The van der Waals surface area contributed by atoms with Gasteiger partial charge in [0.25, 0.3) is 0 Å². The minimum atomic E-state index is 0.109. The molecular weight excluding hydrogens is 256 g/mol. The number of nitrogens with two attached hydrogens (primary N) is 1. The highest BCUT2D eigenvalue weighted by molar-refractivity contribution is 8.00. The molecule has 0 spiro atoms. The average molecular weight is 276 g/mol. The second-order valence-corrected chi connectivity index (χ2v) is 6.59. The van der Waals surface area contributed by atoms with Gasteiger partial charge >= 0.3 is 0 Å². The van der Waals surface area contributed by atoms with Gasteiger partial charge in [-0.05, 0) is 43.7 Å². The molecule has 0 radical (unpaired) electrons. The molecule has 2 unspecified atom stereocenters. The van der Waals surface area contributed by atoms with Crippen molar-refractivity contribution in [1.29, 1.82) is 0 Å². The highest BCUT2D eigenvalue weighted by Gasteiger charge is 2.27. The SMILES string of the molecule is Cc1ccc2oc(C(NN)C3CCCCS3)cc2c1. The third-order valence-electron chi connectivity index (χ3n) is 3.76. The van der Waals surface area contributed by atoms with Gasteiger partial charge in [-0.25, -0.2) is 5.43 Å². The van der Waals surface area contributed by atoms with E-state index in [9.17, 15) is 0 Å². The third-order valence-corrected chi connectivity index (χ3v) is 5.22. The maximum Gasteiger partial charge on any atom is 0.134 e. The molecular formula is C15H20N2OS. The van der Waals surface area contributed by atoms with Crippen LogP contribution in [0.2, 0.25) is 0 Å². The van der Waals surface area contributed by atoms with Gasteiger partial charge in [-0.3, -0.25) is 5.84 Å². The van der Waals surface area contributed by atoms with Gasteiger partial charge in [0, 0.05) is 10.6 Å². The highest BCUT2D eigenvalue weighted by atomic mass is 32.2. The molecule has 2 aromatic rings. The summed E-state index contributed by atoms with van der Waals surface area (Å²) in [5, 5.41) is 1.68. The number of aryl methyl sites for hydroxylation is 1. The molecule has 1 saturated heterocycles. The second kappa shape index (κ2) is 5.57. The standard InChI is InChI=1S/C15H20N2OS/c1-10-5-6-12-11(8-10)9-13(18-12)15(17-16)14-4-2-3-7-19-14/h5-6,8-9,14-15,17H,2-4,7,16H2,1H3. The number of rotatable bonds is 3. The Kier molecular flexibility index (Phi) is 3.82. The minimum absolute atomic E-state index is 0.109. The van der Waals surface area contributed by atoms with Crippen LogP contribution in [0.3, 0.4) is 0 Å². The van der Waals surface area contributed by atoms with Crippen molar-refractivity contribution in [2.45, 2.75) is 37.5 Å². The maximum atomic E-state index is 5.97. The van der Waals surface area contributed by atoms with Gasteiger partial charge in [0.05, 0.1) is 6.04 Å². The Morgan fingerprint density at radius 3 is 3.00 bits per heavy atom. The summed E-state index contributed by atoms with van der Waals surface area (Å²) in [5.41, 5.74) is 5.15. The zero-order valence-electron chi connectivity index (χ0n) is 11.2. The van der Waals surface area contributed by atoms with E-state index < -0.39 is 0 Å². The molecule has 3 rings (SSSR count). The van der Waals surface area contributed by atoms with E-state index >= 15 is 0 Å². The largest absolute Gasteiger partial charge is 0.459 e. The Morgan fingerprint density at radius 2 is 2.26 bits per heavy atom. The van der Waals surface area contributed by atoms with Crippen LogP contribution >= 0.6 is 11.8 Å². The maximum absolute atomic E-state index is 5.97. The van der Waals surface area contributed by atoms with Crippen molar-refractivity contribution in [3.63, 3.8) is 0 Å². The molecule has 1 aromatic heterocycles. The number of thioether (sulfide) groups is 1. The fourth-order valence-electron chi connectivity index (χ4n) is 2.74. The Bertz CT molecular complexity index is 560. The number of hydrogen-bond acceptors (Lipinski definition) is 4. The van der Waals surface area contributed by atoms with Crippen LogP contribution < -0.4 is 11.3 Å². The zero-order chi connectivity index (χ0) is 13.2. The third kappa shape index (κ3) is 2.66. The number of furan rings is 1. The number of benzene rings is 1. The van der Waals surface area contributed by atoms with Gasteiger partial charge in [0.15, 0.2) is 0 Å². The Morgan fingerprint density at radius 1 is 1.37 bits per heavy atom. The summed E-state index contributed by atoms with van der Waals surface area (Å²) in [4.78, 5) is 0. The molecule has 3 N–H and O–H groups in total. The molecule has 0 aliphatic carbocycles. The highest BCUT2D eigenvalue weighted by Crippen LogP contribution is 2.36. The van der Waals surface area contributed by atoms with Crippen LogP contribution in [0.4, 0.5) is 0 Å². The van der Waals surface area contributed by atoms with Crippen molar-refractivity contribution in [3.8, 4) is 0 Å². The minimum Gasteiger partial charge on any atom is -0.459 e. The summed E-state index contributed by atoms with van der Waals surface area (Å²) < 4.78 is 5.97. The summed E-state index contributed by atoms with van der Waals surface area (Å²) >= 11 is 2.00. The molecule has 1 aliphatic rings. The van der Waals surface area contributed by atoms with Crippen molar-refractivity contribution in [2.75, 3.05) is 5.75 Å². The molecule has 1 fully saturated rings. The molecule has 3 nitrogen and oxygen atoms in total. The van der Waals surface area contributed by atoms with E-state index in [-0.39, 0.29) is 6.04 Å². The predicted molar refractivity (Wildman–Crippen MR) is 81.1 cm³/mol. The molecule has 2 atom stereocenters. The first kappa shape index (κ1) is 13.0. The van der Waals surface area contributed by atoms with Crippen molar-refractivity contribution in [3.05, 3.63) is 35.6 Å². The average Bonchev–Trinajstić information content (AvgIpc) is 2.83. The number of hydrazine groups is 1. The van der Waals surface area contributed by atoms with Crippen LogP contribution in [0, 0.1) is 6.92 Å². The summed E-state index contributed by atoms with van der Waals surface area (Å²) in [7, 11) is 0. The van der Waals surface area contributed by atoms with E-state index in [1.165, 1.54) is 30.6 Å². The van der Waals surface area contributed by atoms with E-state index in [1.54, 1.807) is 0 Å². The van der Waals surface area contributed by atoms with E-state index in [4.69, 9.17) is 10.3 Å². The van der Waals surface area contributed by atoms with Gasteiger partial charge in [-0.1, -0.05) is 18.1 Å². The first-order valence-corrected chi connectivity index (χ1v) is 7.90. The van der Waals surface area contributed by atoms with Gasteiger partial charge < -0.3 is 4.42 Å². The van der Waals surface area contributed by atoms with Crippen molar-refractivity contribution in [2.24, 2.45) is 5.84 Å². The molecule has 0 saturated carbocycles. The lowest BCUT2D eigenvalue weighted by Crippen LogP contribution is -2.36. The fraction of sp³-hybridized carbons (Fsp3) is 0.467. The molecule has 102 valence electrons. The monoisotopic (exact) mass is 276 g/mol. The number of fused-ring (bicyclic) bond motifs is 1. The summed E-state index contributed by atoms with van der Waals surface area (Å²) in [6.45, 7) is 2.10. The summed E-state index contributed by atoms with van der Waals surface area (Å²) in [5.74, 6) is 7.95. The van der Waals surface area contributed by atoms with Crippen molar-refractivity contribution < 1.29 is 4.42 Å². The second-order valence-electron chi connectivity index (χ2n) is 5.24. The first-order chi connectivity index (χ1) is 9.28. The lowest BCUT2D eigenvalue weighted by Gasteiger charge is -2.27. The molecule has 2 heterocycles. The Balaban J connectivity index is 1.91. The van der Waals surface area contributed by atoms with Gasteiger partial charge in [0.2, 0.25) is 0 Å². The molecule has 4 heteroatoms. The lowest BCUT2D eigenvalue weighted by molar-refractivity contribution is 0.409. The van der Waals surface area contributed by atoms with E-state index in [2.05, 4.69) is 30.5 Å². The van der Waals surface area contributed by atoms with Crippen LogP contribution in [0.1, 0.15) is 36.6 Å². The van der Waals surface area contributed by atoms with E-state index in [0.29, 0.717) is 5.25 Å². The predicted octanol–water partition coefficient (Wildman–Crippen LogP) is 3.53. The van der Waals surface area contributed by atoms with Gasteiger partial charge in [-0.15, -0.1) is 0 Å². The van der Waals surface area contributed by atoms with E-state index in [1.807, 2.05) is 17.8 Å². The fourth-order valence-corrected chi connectivity index (χ4v) is 4.15. The van der Waals surface area contributed by atoms with Gasteiger partial charge in [-0.2, -0.15) is 11.8 Å². The topological polar surface area (TPSA) is 51.2 Å². The van der Waals surface area contributed by atoms with Gasteiger partial charge in [0.1, 0.15) is 11.3 Å². The van der Waals surface area contributed by atoms with E-state index in [0.717, 1.165) is 16.7 Å². The van der Waals surface area contributed by atoms with Crippen LogP contribution in [-0.2, 0) is 0 Å². The van der Waals surface area contributed by atoms with Crippen molar-refractivity contribution in [1.82, 2.24) is 5.43 Å². The zero-order valence-corrected chi connectivity index (χ0v) is 12.0. The van der Waals surface area contributed by atoms with Crippen molar-refractivity contribution >= 4 is 22.7 Å². The molecule has 0 amide bonds. The van der Waals surface area contributed by atoms with Crippen LogP contribution in [0.15, 0.2) is 28.7 Å². The summed E-state index contributed by atoms with van der Waals surface area (Å²) in [6.07, 6.45) is 3.81.